The summed E-state index contributed by atoms with van der Waals surface area (Å²) in [5.41, 5.74) is 5.49. The highest BCUT2D eigenvalue weighted by Crippen LogP contribution is 2.37. The zero-order chi connectivity index (χ0) is 20.8. The number of halogens is 1. The van der Waals surface area contributed by atoms with Crippen molar-refractivity contribution in [1.29, 1.82) is 0 Å². The first kappa shape index (κ1) is 21.5. The van der Waals surface area contributed by atoms with Crippen molar-refractivity contribution in [3.05, 3.63) is 39.7 Å². The molecule has 2 rings (SSSR count). The van der Waals surface area contributed by atoms with Crippen molar-refractivity contribution in [2.45, 2.75) is 20.0 Å². The van der Waals surface area contributed by atoms with Crippen LogP contribution in [0.4, 0.5) is 5.00 Å². The molecule has 1 aromatic carbocycles. The Balaban J connectivity index is 2.04. The maximum absolute atomic E-state index is 12.3. The fourth-order valence-corrected chi connectivity index (χ4v) is 3.23. The molecule has 2 aromatic rings. The average molecular weight is 427 g/mol. The third-order valence-corrected chi connectivity index (χ3v) is 4.45. The molecule has 28 heavy (non-hydrogen) atoms. The van der Waals surface area contributed by atoms with E-state index >= 15 is 0 Å². The first-order valence-corrected chi connectivity index (χ1v) is 9.37. The molecule has 0 aliphatic rings. The number of carbonyl (C=O) groups is 3. The second kappa shape index (κ2) is 9.43. The normalized spacial score (nSPS) is 10.5. The van der Waals surface area contributed by atoms with E-state index < -0.39 is 24.4 Å². The Morgan fingerprint density at radius 1 is 1.29 bits per heavy atom. The van der Waals surface area contributed by atoms with E-state index in [1.807, 2.05) is 13.8 Å². The SMILES string of the molecule is COc1cc(C(=O)OCC(=O)Nc2sccc2C(N)=O)cc(Cl)c1OC(C)C. The third-order valence-electron chi connectivity index (χ3n) is 3.34. The third kappa shape index (κ3) is 5.37. The monoisotopic (exact) mass is 426 g/mol. The molecule has 0 fully saturated rings. The molecule has 10 heteroatoms. The van der Waals surface area contributed by atoms with E-state index in [0.29, 0.717) is 5.75 Å². The number of hydrogen-bond acceptors (Lipinski definition) is 7. The molecule has 3 N–H and O–H groups in total. The Hall–Kier alpha value is -2.78. The zero-order valence-corrected chi connectivity index (χ0v) is 17.0. The van der Waals surface area contributed by atoms with Crippen LogP contribution in [-0.4, -0.2) is 37.6 Å². The van der Waals surface area contributed by atoms with Gasteiger partial charge in [0, 0.05) is 0 Å². The molecule has 0 radical (unpaired) electrons. The second-order valence-corrected chi connectivity index (χ2v) is 7.13. The summed E-state index contributed by atoms with van der Waals surface area (Å²) in [5.74, 6) is -1.48. The highest BCUT2D eigenvalue weighted by molar-refractivity contribution is 7.14. The number of methoxy groups -OCH3 is 1. The van der Waals surface area contributed by atoms with Crippen molar-refractivity contribution in [2.24, 2.45) is 5.73 Å². The lowest BCUT2D eigenvalue weighted by Crippen LogP contribution is -2.22. The molecule has 1 aromatic heterocycles. The van der Waals surface area contributed by atoms with E-state index in [-0.39, 0.29) is 33.0 Å². The van der Waals surface area contributed by atoms with E-state index in [9.17, 15) is 14.4 Å². The summed E-state index contributed by atoms with van der Waals surface area (Å²) in [6.07, 6.45) is -0.143. The van der Waals surface area contributed by atoms with Gasteiger partial charge in [-0.15, -0.1) is 11.3 Å². The smallest absolute Gasteiger partial charge is 0.338 e. The Morgan fingerprint density at radius 3 is 2.61 bits per heavy atom. The summed E-state index contributed by atoms with van der Waals surface area (Å²) in [6, 6.07) is 4.27. The van der Waals surface area contributed by atoms with Crippen LogP contribution in [0.3, 0.4) is 0 Å². The molecular weight excluding hydrogens is 408 g/mol. The van der Waals surface area contributed by atoms with Crippen LogP contribution in [0.25, 0.3) is 0 Å². The van der Waals surface area contributed by atoms with E-state index in [2.05, 4.69) is 5.32 Å². The quantitative estimate of drug-likeness (QED) is 0.626. The molecule has 1 heterocycles. The maximum Gasteiger partial charge on any atom is 0.338 e. The Bertz CT molecular complexity index is 896. The van der Waals surface area contributed by atoms with E-state index in [0.717, 1.165) is 11.3 Å². The molecule has 0 atom stereocenters. The van der Waals surface area contributed by atoms with Crippen LogP contribution in [0.15, 0.2) is 23.6 Å². The molecule has 0 saturated carbocycles. The van der Waals surface area contributed by atoms with Gasteiger partial charge in [0.05, 0.1) is 29.4 Å². The lowest BCUT2D eigenvalue weighted by molar-refractivity contribution is -0.119. The second-order valence-electron chi connectivity index (χ2n) is 5.81. The van der Waals surface area contributed by atoms with Crippen LogP contribution >= 0.6 is 22.9 Å². The number of ether oxygens (including phenoxy) is 3. The predicted molar refractivity (Wildman–Crippen MR) is 106 cm³/mol. The van der Waals surface area contributed by atoms with Gasteiger partial charge in [0.25, 0.3) is 11.8 Å². The van der Waals surface area contributed by atoms with Crippen molar-refractivity contribution in [3.63, 3.8) is 0 Å². The number of amides is 2. The fourth-order valence-electron chi connectivity index (χ4n) is 2.17. The number of nitrogens with two attached hydrogens (primary N) is 1. The summed E-state index contributed by atoms with van der Waals surface area (Å²) < 4.78 is 15.8. The lowest BCUT2D eigenvalue weighted by atomic mass is 10.2. The summed E-state index contributed by atoms with van der Waals surface area (Å²) in [7, 11) is 1.42. The van der Waals surface area contributed by atoms with Gasteiger partial charge >= 0.3 is 5.97 Å². The molecule has 0 bridgehead atoms. The van der Waals surface area contributed by atoms with Gasteiger partial charge < -0.3 is 25.3 Å². The van der Waals surface area contributed by atoms with Gasteiger partial charge in [0.15, 0.2) is 18.1 Å². The topological polar surface area (TPSA) is 117 Å². The molecule has 0 spiro atoms. The van der Waals surface area contributed by atoms with Gasteiger partial charge in [-0.05, 0) is 37.4 Å². The number of primary amides is 1. The summed E-state index contributed by atoms with van der Waals surface area (Å²) in [4.78, 5) is 35.5. The van der Waals surface area contributed by atoms with Crippen LogP contribution in [0.5, 0.6) is 11.5 Å². The van der Waals surface area contributed by atoms with E-state index in [1.54, 1.807) is 5.38 Å². The van der Waals surface area contributed by atoms with Crippen molar-refractivity contribution >= 4 is 45.7 Å². The standard InChI is InChI=1S/C18H19ClN2O6S/c1-9(2)27-15-12(19)6-10(7-13(15)25-3)18(24)26-8-14(22)21-17-11(16(20)23)4-5-28-17/h4-7,9H,8H2,1-3H3,(H2,20,23)(H,21,22). The molecular formula is C18H19ClN2O6S. The summed E-state index contributed by atoms with van der Waals surface area (Å²) in [6.45, 7) is 3.10. The van der Waals surface area contributed by atoms with Crippen LogP contribution in [0, 0.1) is 0 Å². The molecule has 0 aliphatic carbocycles. The average Bonchev–Trinajstić information content (AvgIpc) is 3.09. The van der Waals surface area contributed by atoms with Crippen molar-refractivity contribution in [3.8, 4) is 11.5 Å². The molecule has 2 amide bonds. The first-order chi connectivity index (χ1) is 13.2. The van der Waals surface area contributed by atoms with Gasteiger partial charge in [-0.1, -0.05) is 11.6 Å². The summed E-state index contributed by atoms with van der Waals surface area (Å²) in [5, 5.41) is 4.54. The van der Waals surface area contributed by atoms with Gasteiger partial charge in [0.1, 0.15) is 5.00 Å². The van der Waals surface area contributed by atoms with Crippen LogP contribution in [-0.2, 0) is 9.53 Å². The van der Waals surface area contributed by atoms with E-state index in [4.69, 9.17) is 31.5 Å². The number of hydrogen-bond donors (Lipinski definition) is 2. The van der Waals surface area contributed by atoms with Crippen molar-refractivity contribution < 1.29 is 28.6 Å². The number of rotatable bonds is 8. The van der Waals surface area contributed by atoms with E-state index in [1.165, 1.54) is 25.3 Å². The highest BCUT2D eigenvalue weighted by Gasteiger charge is 2.19. The van der Waals surface area contributed by atoms with Crippen LogP contribution in [0.2, 0.25) is 5.02 Å². The van der Waals surface area contributed by atoms with Gasteiger partial charge in [0.2, 0.25) is 0 Å². The van der Waals surface area contributed by atoms with Crippen LogP contribution < -0.4 is 20.5 Å². The van der Waals surface area contributed by atoms with Crippen molar-refractivity contribution in [2.75, 3.05) is 19.0 Å². The minimum absolute atomic E-state index is 0.0969. The minimum atomic E-state index is -0.771. The first-order valence-electron chi connectivity index (χ1n) is 8.11. The predicted octanol–water partition coefficient (Wildman–Crippen LogP) is 3.09. The van der Waals surface area contributed by atoms with Crippen molar-refractivity contribution in [1.82, 2.24) is 0 Å². The maximum atomic E-state index is 12.3. The fraction of sp³-hybridized carbons (Fsp3) is 0.278. The molecule has 0 unspecified atom stereocenters. The lowest BCUT2D eigenvalue weighted by Gasteiger charge is -2.16. The number of carbonyl (C=O) groups excluding carboxylic acids is 3. The number of benzene rings is 1. The molecule has 150 valence electrons. The molecule has 8 nitrogen and oxygen atoms in total. The zero-order valence-electron chi connectivity index (χ0n) is 15.4. The summed E-state index contributed by atoms with van der Waals surface area (Å²) >= 11 is 7.30. The number of nitrogens with one attached hydrogen (secondary N) is 1. The molecule has 0 aliphatic heterocycles. The number of esters is 1. The highest BCUT2D eigenvalue weighted by atomic mass is 35.5. The Morgan fingerprint density at radius 2 is 2.00 bits per heavy atom. The van der Waals surface area contributed by atoms with Gasteiger partial charge in [-0.2, -0.15) is 0 Å². The minimum Gasteiger partial charge on any atom is -0.493 e. The number of thiophene rings is 1. The number of anilines is 1. The Kier molecular flexibility index (Phi) is 7.24. The van der Waals surface area contributed by atoms with Gasteiger partial charge in [-0.3, -0.25) is 9.59 Å². The largest absolute Gasteiger partial charge is 0.493 e. The van der Waals surface area contributed by atoms with Gasteiger partial charge in [-0.25, -0.2) is 4.79 Å². The van der Waals surface area contributed by atoms with Crippen LogP contribution in [0.1, 0.15) is 34.6 Å². The molecule has 0 saturated heterocycles. The Labute approximate surface area is 170 Å².